The first kappa shape index (κ1) is 8.26. The maximum atomic E-state index is 10.3. The highest BCUT2D eigenvalue weighted by Crippen LogP contribution is 2.21. The molecule has 13 heavy (non-hydrogen) atoms. The lowest BCUT2D eigenvalue weighted by Gasteiger charge is -1.99. The third kappa shape index (κ3) is 1.31. The monoisotopic (exact) mass is 194 g/mol. The fourth-order valence-corrected chi connectivity index (χ4v) is 1.61. The normalized spacial score (nSPS) is 10.5. The van der Waals surface area contributed by atoms with Crippen molar-refractivity contribution in [1.29, 1.82) is 0 Å². The van der Waals surface area contributed by atoms with Gasteiger partial charge in [-0.15, -0.1) is 0 Å². The van der Waals surface area contributed by atoms with Crippen LogP contribution in [0.3, 0.4) is 0 Å². The molecule has 0 saturated carbocycles. The Labute approximate surface area is 79.9 Å². The lowest BCUT2D eigenvalue weighted by Crippen LogP contribution is -1.97. The number of halogens is 1. The van der Waals surface area contributed by atoms with E-state index in [0.717, 1.165) is 17.2 Å². The minimum Gasteiger partial charge on any atom is -0.338 e. The summed E-state index contributed by atoms with van der Waals surface area (Å²) in [6, 6.07) is 3.77. The zero-order chi connectivity index (χ0) is 9.26. The highest BCUT2D eigenvalue weighted by molar-refractivity contribution is 6.33. The van der Waals surface area contributed by atoms with E-state index < -0.39 is 0 Å². The maximum absolute atomic E-state index is 10.3. The Morgan fingerprint density at radius 1 is 1.54 bits per heavy atom. The molecule has 0 radical (unpaired) electrons. The first-order valence-corrected chi connectivity index (χ1v) is 4.23. The summed E-state index contributed by atoms with van der Waals surface area (Å²) in [6.45, 7) is 0.314. The van der Waals surface area contributed by atoms with Gasteiger partial charge in [-0.2, -0.15) is 0 Å². The van der Waals surface area contributed by atoms with Crippen molar-refractivity contribution in [3.8, 4) is 0 Å². The van der Waals surface area contributed by atoms with Gasteiger partial charge in [-0.05, 0) is 12.1 Å². The zero-order valence-electron chi connectivity index (χ0n) is 6.77. The third-order valence-corrected chi connectivity index (χ3v) is 2.18. The minimum atomic E-state index is 0.314. The lowest BCUT2D eigenvalue weighted by atomic mass is 10.3. The molecule has 0 aromatic carbocycles. The quantitative estimate of drug-likeness (QED) is 0.541. The fraction of sp³-hybridized carbons (Fsp3) is 0.111. The number of fused-ring (bicyclic) bond motifs is 1. The number of carbonyl (C=O) groups excluding carboxylic acids is 1. The molecule has 0 spiro atoms. The molecule has 0 atom stereocenters. The van der Waals surface area contributed by atoms with Crippen LogP contribution in [-0.2, 0) is 11.3 Å². The van der Waals surface area contributed by atoms with Gasteiger partial charge in [0.25, 0.3) is 0 Å². The van der Waals surface area contributed by atoms with Crippen molar-refractivity contribution in [3.05, 3.63) is 29.7 Å². The number of hydrogen-bond acceptors (Lipinski definition) is 2. The van der Waals surface area contributed by atoms with Gasteiger partial charge in [0.05, 0.1) is 12.1 Å². The molecule has 0 fully saturated rings. The molecule has 2 heterocycles. The van der Waals surface area contributed by atoms with Crippen LogP contribution in [0, 0.1) is 0 Å². The number of aromatic nitrogens is 2. The number of nitrogens with zero attached hydrogens (tertiary/aromatic N) is 2. The molecule has 0 bridgehead atoms. The van der Waals surface area contributed by atoms with E-state index in [-0.39, 0.29) is 0 Å². The van der Waals surface area contributed by atoms with Crippen molar-refractivity contribution < 1.29 is 4.79 Å². The van der Waals surface area contributed by atoms with Crippen LogP contribution in [0.5, 0.6) is 0 Å². The van der Waals surface area contributed by atoms with E-state index in [9.17, 15) is 4.79 Å². The summed E-state index contributed by atoms with van der Waals surface area (Å²) >= 11 is 5.89. The topological polar surface area (TPSA) is 34.9 Å². The number of pyridine rings is 1. The van der Waals surface area contributed by atoms with Crippen molar-refractivity contribution >= 4 is 28.8 Å². The summed E-state index contributed by atoms with van der Waals surface area (Å²) in [5.41, 5.74) is 0.816. The lowest BCUT2D eigenvalue weighted by molar-refractivity contribution is -0.108. The Balaban J connectivity index is 2.70. The smallest absolute Gasteiger partial charge is 0.153 e. The van der Waals surface area contributed by atoms with Crippen LogP contribution in [-0.4, -0.2) is 15.8 Å². The Kier molecular flexibility index (Phi) is 2.02. The summed E-state index contributed by atoms with van der Waals surface area (Å²) in [4.78, 5) is 14.3. The largest absolute Gasteiger partial charge is 0.338 e. The van der Waals surface area contributed by atoms with E-state index in [1.54, 1.807) is 10.8 Å². The van der Waals surface area contributed by atoms with Gasteiger partial charge in [-0.3, -0.25) is 0 Å². The highest BCUT2D eigenvalue weighted by Gasteiger charge is 2.04. The van der Waals surface area contributed by atoms with Crippen molar-refractivity contribution in [3.63, 3.8) is 0 Å². The molecule has 2 aromatic heterocycles. The summed E-state index contributed by atoms with van der Waals surface area (Å²) in [5, 5.41) is 1.44. The third-order valence-electron chi connectivity index (χ3n) is 1.90. The molecule has 0 aliphatic rings. The van der Waals surface area contributed by atoms with Gasteiger partial charge in [-0.1, -0.05) is 11.6 Å². The zero-order valence-corrected chi connectivity index (χ0v) is 7.53. The van der Waals surface area contributed by atoms with E-state index in [1.165, 1.54) is 0 Å². The molecule has 4 heteroatoms. The SMILES string of the molecule is O=CCn1ccc2ccnc(Cl)c21. The minimum absolute atomic E-state index is 0.314. The second-order valence-electron chi connectivity index (χ2n) is 2.67. The van der Waals surface area contributed by atoms with E-state index >= 15 is 0 Å². The van der Waals surface area contributed by atoms with Crippen LogP contribution in [0.1, 0.15) is 0 Å². The Hall–Kier alpha value is -1.35. The van der Waals surface area contributed by atoms with E-state index in [4.69, 9.17) is 11.6 Å². The van der Waals surface area contributed by atoms with Crippen molar-refractivity contribution in [2.24, 2.45) is 0 Å². The van der Waals surface area contributed by atoms with Gasteiger partial charge in [0.15, 0.2) is 5.15 Å². The molecule has 0 N–H and O–H groups in total. The average molecular weight is 195 g/mol. The van der Waals surface area contributed by atoms with Gasteiger partial charge >= 0.3 is 0 Å². The molecule has 0 saturated heterocycles. The van der Waals surface area contributed by atoms with E-state index in [0.29, 0.717) is 11.7 Å². The van der Waals surface area contributed by atoms with Crippen molar-refractivity contribution in [1.82, 2.24) is 9.55 Å². The van der Waals surface area contributed by atoms with Crippen LogP contribution in [0.4, 0.5) is 0 Å². The van der Waals surface area contributed by atoms with Crippen LogP contribution >= 0.6 is 11.6 Å². The van der Waals surface area contributed by atoms with Crippen molar-refractivity contribution in [2.45, 2.75) is 6.54 Å². The molecule has 3 nitrogen and oxygen atoms in total. The highest BCUT2D eigenvalue weighted by atomic mass is 35.5. The Bertz CT molecular complexity index is 450. The average Bonchev–Trinajstić information content (AvgIpc) is 2.51. The molecular weight excluding hydrogens is 188 g/mol. The van der Waals surface area contributed by atoms with Crippen molar-refractivity contribution in [2.75, 3.05) is 0 Å². The molecule has 0 aliphatic carbocycles. The molecule has 2 aromatic rings. The number of rotatable bonds is 2. The second kappa shape index (κ2) is 3.18. The number of carbonyl (C=O) groups is 1. The van der Waals surface area contributed by atoms with E-state index in [2.05, 4.69) is 4.98 Å². The number of hydrogen-bond donors (Lipinski definition) is 0. The first-order chi connectivity index (χ1) is 6.33. The Morgan fingerprint density at radius 3 is 3.15 bits per heavy atom. The summed E-state index contributed by atoms with van der Waals surface area (Å²) in [5.74, 6) is 0. The van der Waals surface area contributed by atoms with E-state index in [1.807, 2.05) is 18.3 Å². The maximum Gasteiger partial charge on any atom is 0.153 e. The molecule has 0 aliphatic heterocycles. The van der Waals surface area contributed by atoms with Gasteiger partial charge < -0.3 is 9.36 Å². The summed E-state index contributed by atoms with van der Waals surface area (Å²) < 4.78 is 1.78. The number of aldehydes is 1. The van der Waals surface area contributed by atoms with Gasteiger partial charge in [0.2, 0.25) is 0 Å². The summed E-state index contributed by atoms with van der Waals surface area (Å²) in [6.07, 6.45) is 4.31. The van der Waals surface area contributed by atoms with Gasteiger partial charge in [0, 0.05) is 17.8 Å². The molecule has 2 rings (SSSR count). The second-order valence-corrected chi connectivity index (χ2v) is 3.03. The first-order valence-electron chi connectivity index (χ1n) is 3.86. The predicted octanol–water partition coefficient (Wildman–Crippen LogP) is 1.89. The predicted molar refractivity (Wildman–Crippen MR) is 50.8 cm³/mol. The summed E-state index contributed by atoms with van der Waals surface area (Å²) in [7, 11) is 0. The standard InChI is InChI=1S/C9H7ClN2O/c10-9-8-7(1-3-11-9)2-4-12(8)5-6-13/h1-4,6H,5H2. The molecule has 0 amide bonds. The Morgan fingerprint density at radius 2 is 2.38 bits per heavy atom. The van der Waals surface area contributed by atoms with Gasteiger partial charge in [0.1, 0.15) is 6.29 Å². The molecular formula is C9H7ClN2O. The van der Waals surface area contributed by atoms with Crippen LogP contribution in [0.25, 0.3) is 10.9 Å². The van der Waals surface area contributed by atoms with Gasteiger partial charge in [-0.25, -0.2) is 4.98 Å². The molecule has 0 unspecified atom stereocenters. The fourth-order valence-electron chi connectivity index (χ4n) is 1.34. The van der Waals surface area contributed by atoms with Crippen LogP contribution in [0.2, 0.25) is 5.15 Å². The van der Waals surface area contributed by atoms with Crippen LogP contribution in [0.15, 0.2) is 24.5 Å². The van der Waals surface area contributed by atoms with Crippen LogP contribution < -0.4 is 0 Å². The molecule has 66 valence electrons.